The van der Waals surface area contributed by atoms with E-state index in [2.05, 4.69) is 11.5 Å². The highest BCUT2D eigenvalue weighted by Gasteiger charge is 2.37. The minimum atomic E-state index is -4.96. The van der Waals surface area contributed by atoms with E-state index < -0.39 is 29.4 Å². The van der Waals surface area contributed by atoms with Gasteiger partial charge < -0.3 is 10.2 Å². The molecule has 1 fully saturated rings. The Morgan fingerprint density at radius 2 is 1.50 bits per heavy atom. The number of aromatic nitrogens is 1. The summed E-state index contributed by atoms with van der Waals surface area (Å²) in [6.45, 7) is 7.43. The van der Waals surface area contributed by atoms with Crippen molar-refractivity contribution in [2.75, 3.05) is 39.3 Å². The van der Waals surface area contributed by atoms with Crippen LogP contribution in [0.25, 0.3) is 16.7 Å². The second-order valence-corrected chi connectivity index (χ2v) is 11.7. The number of benzene rings is 1. The molecule has 0 saturated carbocycles. The lowest BCUT2D eigenvalue weighted by Crippen LogP contribution is -2.48. The highest BCUT2D eigenvalue weighted by Crippen LogP contribution is 2.42. The van der Waals surface area contributed by atoms with Crippen LogP contribution in [0.3, 0.4) is 0 Å². The minimum Gasteiger partial charge on any atom is -0.493 e. The normalized spacial score (nSPS) is 15.4. The third-order valence-corrected chi connectivity index (χ3v) is 8.91. The molecule has 1 aliphatic rings. The number of carboxylic acids is 1. The van der Waals surface area contributed by atoms with Gasteiger partial charge in [-0.2, -0.15) is 26.3 Å². The molecule has 3 heterocycles. The van der Waals surface area contributed by atoms with Gasteiger partial charge in [0.2, 0.25) is 5.88 Å². The van der Waals surface area contributed by atoms with Gasteiger partial charge in [0.1, 0.15) is 0 Å². The van der Waals surface area contributed by atoms with Gasteiger partial charge in [0.15, 0.2) is 3.95 Å². The fourth-order valence-corrected chi connectivity index (χ4v) is 6.56. The Morgan fingerprint density at radius 1 is 0.925 bits per heavy atom. The Balaban J connectivity index is 1.51. The number of hydrogen-bond donors (Lipinski definition) is 2. The summed E-state index contributed by atoms with van der Waals surface area (Å²) in [7, 11) is 0. The molecule has 1 saturated heterocycles. The maximum atomic E-state index is 13.3. The summed E-state index contributed by atoms with van der Waals surface area (Å²) in [4.78, 5) is 15.7. The second kappa shape index (κ2) is 11.6. The summed E-state index contributed by atoms with van der Waals surface area (Å²) < 4.78 is 81.7. The standard InChI is InChI=1S/C25H23F6N3O3S3/c1-14(19-10-16(13-39-19)15-8-17(24(26,27)28)11-18(9-15)25(29,30)31)21-22(37)34(23(38)40-21)7-6-32-2-4-33(5-3-32)12-20(35)36/h8-11,13,37H,1-7,12H2,(H,35,36). The summed E-state index contributed by atoms with van der Waals surface area (Å²) in [6.07, 6.45) is -9.92. The zero-order valence-electron chi connectivity index (χ0n) is 20.7. The lowest BCUT2D eigenvalue weighted by atomic mass is 10.0. The SMILES string of the molecule is C=C(c1cc(-c2cc(C(F)(F)F)cc(C(F)(F)F)c2)cs1)c1sc(=S)n(CCN2CCN(CC(=O)O)CC2)c1O. The Bertz CT molecular complexity index is 1430. The van der Waals surface area contributed by atoms with Gasteiger partial charge in [-0.25, -0.2) is 0 Å². The van der Waals surface area contributed by atoms with E-state index in [9.17, 15) is 36.2 Å². The fourth-order valence-electron chi connectivity index (χ4n) is 4.27. The van der Waals surface area contributed by atoms with Crippen molar-refractivity contribution in [1.29, 1.82) is 0 Å². The van der Waals surface area contributed by atoms with Gasteiger partial charge in [0.25, 0.3) is 0 Å². The van der Waals surface area contributed by atoms with E-state index in [0.29, 0.717) is 70.7 Å². The second-order valence-electron chi connectivity index (χ2n) is 9.16. The van der Waals surface area contributed by atoms with E-state index in [-0.39, 0.29) is 29.6 Å². The highest BCUT2D eigenvalue weighted by atomic mass is 32.1. The lowest BCUT2D eigenvalue weighted by molar-refractivity contribution is -0.143. The first-order valence-electron chi connectivity index (χ1n) is 11.8. The van der Waals surface area contributed by atoms with Crippen molar-refractivity contribution >= 4 is 46.4 Å². The maximum Gasteiger partial charge on any atom is 0.416 e. The molecule has 3 aromatic rings. The molecule has 0 amide bonds. The molecule has 0 spiro atoms. The van der Waals surface area contributed by atoms with E-state index >= 15 is 0 Å². The molecule has 0 bridgehead atoms. The van der Waals surface area contributed by atoms with E-state index in [0.717, 1.165) is 22.7 Å². The van der Waals surface area contributed by atoms with Crippen molar-refractivity contribution in [2.24, 2.45) is 0 Å². The molecule has 216 valence electrons. The Kier molecular flexibility index (Phi) is 8.80. The van der Waals surface area contributed by atoms with Gasteiger partial charge in [-0.3, -0.25) is 19.2 Å². The van der Waals surface area contributed by atoms with E-state index in [1.165, 1.54) is 11.4 Å². The first-order valence-corrected chi connectivity index (χ1v) is 13.9. The van der Waals surface area contributed by atoms with Crippen LogP contribution in [-0.4, -0.2) is 69.8 Å². The highest BCUT2D eigenvalue weighted by molar-refractivity contribution is 7.73. The predicted octanol–water partition coefficient (Wildman–Crippen LogP) is 6.51. The molecule has 0 aliphatic carbocycles. The fraction of sp³-hybridized carbons (Fsp3) is 0.360. The minimum absolute atomic E-state index is 0.0165. The molecule has 1 aliphatic heterocycles. The van der Waals surface area contributed by atoms with Crippen LogP contribution in [0.5, 0.6) is 5.88 Å². The lowest BCUT2D eigenvalue weighted by Gasteiger charge is -2.33. The molecule has 1 aromatic carbocycles. The van der Waals surface area contributed by atoms with Crippen molar-refractivity contribution in [2.45, 2.75) is 18.9 Å². The number of thiophene rings is 1. The largest absolute Gasteiger partial charge is 0.493 e. The van der Waals surface area contributed by atoms with E-state index in [4.69, 9.17) is 17.3 Å². The summed E-state index contributed by atoms with van der Waals surface area (Å²) >= 11 is 7.59. The molecule has 0 unspecified atom stereocenters. The Hall–Kier alpha value is -2.72. The number of aromatic hydroxyl groups is 1. The van der Waals surface area contributed by atoms with Crippen LogP contribution in [-0.2, 0) is 23.7 Å². The summed E-state index contributed by atoms with van der Waals surface area (Å²) in [5, 5.41) is 21.3. The number of carboxylic acid groups (broad SMARTS) is 1. The van der Waals surface area contributed by atoms with E-state index in [1.807, 2.05) is 4.90 Å². The smallest absolute Gasteiger partial charge is 0.416 e. The van der Waals surface area contributed by atoms with Gasteiger partial charge in [0.05, 0.1) is 22.5 Å². The number of piperazine rings is 1. The number of carbonyl (C=O) groups is 1. The monoisotopic (exact) mass is 623 g/mol. The quantitative estimate of drug-likeness (QED) is 0.220. The molecular formula is C25H23F6N3O3S3. The van der Waals surface area contributed by atoms with Crippen molar-refractivity contribution < 1.29 is 41.4 Å². The molecule has 0 atom stereocenters. The number of hydrogen-bond acceptors (Lipinski definition) is 7. The van der Waals surface area contributed by atoms with Crippen LogP contribution in [0.4, 0.5) is 26.3 Å². The molecule has 2 aromatic heterocycles. The average molecular weight is 624 g/mol. The van der Waals surface area contributed by atoms with Gasteiger partial charge in [-0.1, -0.05) is 6.58 Å². The number of thiazole rings is 1. The molecule has 4 rings (SSSR count). The summed E-state index contributed by atoms with van der Waals surface area (Å²) in [5.74, 6) is -1.01. The van der Waals surface area contributed by atoms with Gasteiger partial charge in [0, 0.05) is 49.7 Å². The maximum absolute atomic E-state index is 13.3. The predicted molar refractivity (Wildman–Crippen MR) is 143 cm³/mol. The van der Waals surface area contributed by atoms with Gasteiger partial charge >= 0.3 is 18.3 Å². The number of rotatable bonds is 8. The number of nitrogens with zero attached hydrogens (tertiary/aromatic N) is 3. The Morgan fingerprint density at radius 3 is 2.05 bits per heavy atom. The first kappa shape index (κ1) is 30.2. The molecular weight excluding hydrogens is 600 g/mol. The summed E-state index contributed by atoms with van der Waals surface area (Å²) in [5.41, 5.74) is -2.55. The molecule has 2 N–H and O–H groups in total. The van der Waals surface area contributed by atoms with Crippen molar-refractivity contribution in [3.63, 3.8) is 0 Å². The zero-order valence-corrected chi connectivity index (χ0v) is 23.1. The number of alkyl halides is 6. The van der Waals surface area contributed by atoms with Gasteiger partial charge in [-0.15, -0.1) is 22.7 Å². The summed E-state index contributed by atoms with van der Waals surface area (Å²) in [6, 6.07) is 2.86. The van der Waals surface area contributed by atoms with Crippen LogP contribution in [0.1, 0.15) is 20.9 Å². The molecule has 0 radical (unpaired) electrons. The van der Waals surface area contributed by atoms with Crippen molar-refractivity contribution in [1.82, 2.24) is 14.4 Å². The molecule has 15 heteroatoms. The average Bonchev–Trinajstić information content (AvgIpc) is 3.47. The third kappa shape index (κ3) is 6.94. The van der Waals surface area contributed by atoms with Crippen LogP contribution in [0, 0.1) is 3.95 Å². The molecule has 40 heavy (non-hydrogen) atoms. The zero-order chi connectivity index (χ0) is 29.4. The number of aliphatic carboxylic acids is 1. The van der Waals surface area contributed by atoms with Crippen LogP contribution in [0.15, 0.2) is 36.2 Å². The van der Waals surface area contributed by atoms with Crippen LogP contribution in [0.2, 0.25) is 0 Å². The first-order chi connectivity index (χ1) is 18.6. The van der Waals surface area contributed by atoms with Crippen molar-refractivity contribution in [3.8, 4) is 17.0 Å². The Labute approximate surface area is 238 Å². The topological polar surface area (TPSA) is 68.9 Å². The van der Waals surface area contributed by atoms with E-state index in [1.54, 1.807) is 4.57 Å². The van der Waals surface area contributed by atoms with Crippen LogP contribution >= 0.6 is 34.9 Å². The van der Waals surface area contributed by atoms with Gasteiger partial charge in [-0.05, 0) is 53.0 Å². The molecule has 6 nitrogen and oxygen atoms in total. The van der Waals surface area contributed by atoms with Crippen molar-refractivity contribution in [3.05, 3.63) is 61.1 Å². The van der Waals surface area contributed by atoms with Crippen LogP contribution < -0.4 is 0 Å². The third-order valence-electron chi connectivity index (χ3n) is 6.42. The number of halogens is 6.